The fraction of sp³-hybridized carbons (Fsp3) is 0.0714. The minimum atomic E-state index is 0.463. The lowest BCUT2D eigenvalue weighted by Crippen LogP contribution is -1.98. The zero-order valence-electron chi connectivity index (χ0n) is 10.8. The Morgan fingerprint density at radius 1 is 1.00 bits per heavy atom. The highest BCUT2D eigenvalue weighted by atomic mass is 35.5. The van der Waals surface area contributed by atoms with Crippen molar-refractivity contribution in [1.29, 1.82) is 0 Å². The van der Waals surface area contributed by atoms with Crippen LogP contribution in [0, 0.1) is 0 Å². The van der Waals surface area contributed by atoms with E-state index in [1.54, 1.807) is 18.2 Å². The molecular weight excluding hydrogens is 327 g/mol. The van der Waals surface area contributed by atoms with Crippen molar-refractivity contribution in [2.75, 3.05) is 0 Å². The standard InChI is InChI=1S/C14H10Cl2N4S/c15-12-7-6-11(8-13(12)16)20-18-14(17-19-20)21-9-10-4-2-1-3-5-10/h1-8H,9H2. The molecule has 0 aliphatic heterocycles. The summed E-state index contributed by atoms with van der Waals surface area (Å²) in [5.41, 5.74) is 1.94. The van der Waals surface area contributed by atoms with Gasteiger partial charge in [0.1, 0.15) is 0 Å². The van der Waals surface area contributed by atoms with Crippen molar-refractivity contribution >= 4 is 35.0 Å². The van der Waals surface area contributed by atoms with Gasteiger partial charge in [-0.05, 0) is 29.0 Å². The summed E-state index contributed by atoms with van der Waals surface area (Å²) in [5.74, 6) is 0.800. The fourth-order valence-electron chi connectivity index (χ4n) is 1.70. The van der Waals surface area contributed by atoms with E-state index >= 15 is 0 Å². The van der Waals surface area contributed by atoms with Crippen LogP contribution in [0.15, 0.2) is 53.7 Å². The molecule has 0 aliphatic carbocycles. The van der Waals surface area contributed by atoms with Crippen LogP contribution in [0.2, 0.25) is 10.0 Å². The zero-order valence-corrected chi connectivity index (χ0v) is 13.1. The van der Waals surface area contributed by atoms with Gasteiger partial charge in [0, 0.05) is 5.75 Å². The third kappa shape index (κ3) is 3.56. The second-order valence-electron chi connectivity index (χ2n) is 4.23. The van der Waals surface area contributed by atoms with Gasteiger partial charge in [-0.1, -0.05) is 65.3 Å². The van der Waals surface area contributed by atoms with Gasteiger partial charge in [0.15, 0.2) is 0 Å². The largest absolute Gasteiger partial charge is 0.231 e. The van der Waals surface area contributed by atoms with E-state index in [0.29, 0.717) is 15.2 Å². The Labute approximate surface area is 136 Å². The summed E-state index contributed by atoms with van der Waals surface area (Å²) in [4.78, 5) is 1.44. The Morgan fingerprint density at radius 3 is 2.57 bits per heavy atom. The summed E-state index contributed by atoms with van der Waals surface area (Å²) >= 11 is 13.4. The number of thioether (sulfide) groups is 1. The summed E-state index contributed by atoms with van der Waals surface area (Å²) in [6.07, 6.45) is 0. The van der Waals surface area contributed by atoms with Crippen LogP contribution in [0.5, 0.6) is 0 Å². The second-order valence-corrected chi connectivity index (χ2v) is 5.99. The van der Waals surface area contributed by atoms with Crippen LogP contribution >= 0.6 is 35.0 Å². The van der Waals surface area contributed by atoms with Gasteiger partial charge in [0.05, 0.1) is 15.7 Å². The average molecular weight is 337 g/mol. The number of halogens is 2. The summed E-state index contributed by atoms with van der Waals surface area (Å²) in [6.45, 7) is 0. The monoisotopic (exact) mass is 336 g/mol. The molecule has 1 aromatic heterocycles. The highest BCUT2D eigenvalue weighted by Crippen LogP contribution is 2.24. The molecule has 0 radical (unpaired) electrons. The molecule has 0 bridgehead atoms. The number of rotatable bonds is 4. The maximum Gasteiger partial charge on any atom is 0.231 e. The minimum Gasteiger partial charge on any atom is -0.130 e. The van der Waals surface area contributed by atoms with Crippen molar-refractivity contribution in [3.63, 3.8) is 0 Å². The van der Waals surface area contributed by atoms with E-state index in [1.165, 1.54) is 22.1 Å². The Hall–Kier alpha value is -1.56. The Kier molecular flexibility index (Phi) is 4.43. The smallest absolute Gasteiger partial charge is 0.130 e. The van der Waals surface area contributed by atoms with E-state index in [0.717, 1.165) is 11.4 Å². The van der Waals surface area contributed by atoms with Gasteiger partial charge in [0.2, 0.25) is 5.16 Å². The molecule has 4 nitrogen and oxygen atoms in total. The Morgan fingerprint density at radius 2 is 1.81 bits per heavy atom. The Bertz CT molecular complexity index is 746. The van der Waals surface area contributed by atoms with Gasteiger partial charge in [-0.25, -0.2) is 0 Å². The predicted octanol–water partition coefficient (Wildman–Crippen LogP) is 4.26. The molecule has 0 unspecified atom stereocenters. The molecule has 0 fully saturated rings. The van der Waals surface area contributed by atoms with E-state index in [2.05, 4.69) is 27.5 Å². The van der Waals surface area contributed by atoms with Crippen LogP contribution in [-0.2, 0) is 5.75 Å². The van der Waals surface area contributed by atoms with Gasteiger partial charge in [-0.15, -0.1) is 15.0 Å². The van der Waals surface area contributed by atoms with E-state index in [1.807, 2.05) is 18.2 Å². The van der Waals surface area contributed by atoms with Crippen LogP contribution < -0.4 is 0 Å². The quantitative estimate of drug-likeness (QED) is 0.667. The molecule has 7 heteroatoms. The normalized spacial score (nSPS) is 10.8. The molecule has 0 saturated heterocycles. The predicted molar refractivity (Wildman–Crippen MR) is 85.2 cm³/mol. The van der Waals surface area contributed by atoms with Crippen LogP contribution in [0.3, 0.4) is 0 Å². The number of aromatic nitrogens is 4. The molecule has 0 spiro atoms. The van der Waals surface area contributed by atoms with Crippen molar-refractivity contribution in [1.82, 2.24) is 20.2 Å². The second kappa shape index (κ2) is 6.47. The number of hydrogen-bond donors (Lipinski definition) is 0. The van der Waals surface area contributed by atoms with Gasteiger partial charge in [-0.3, -0.25) is 0 Å². The van der Waals surface area contributed by atoms with Gasteiger partial charge in [0.25, 0.3) is 0 Å². The van der Waals surface area contributed by atoms with Gasteiger partial charge < -0.3 is 0 Å². The maximum absolute atomic E-state index is 5.99. The lowest BCUT2D eigenvalue weighted by molar-refractivity contribution is 0.717. The van der Waals surface area contributed by atoms with Crippen molar-refractivity contribution in [2.45, 2.75) is 10.9 Å². The van der Waals surface area contributed by atoms with Crippen LogP contribution in [-0.4, -0.2) is 20.2 Å². The van der Waals surface area contributed by atoms with Crippen molar-refractivity contribution < 1.29 is 0 Å². The molecule has 3 rings (SSSR count). The lowest BCUT2D eigenvalue weighted by Gasteiger charge is -2.00. The molecule has 0 aliphatic rings. The molecule has 3 aromatic rings. The molecule has 106 valence electrons. The van der Waals surface area contributed by atoms with Crippen molar-refractivity contribution in [3.05, 3.63) is 64.1 Å². The van der Waals surface area contributed by atoms with Crippen LogP contribution in [0.25, 0.3) is 5.69 Å². The molecule has 0 amide bonds. The highest BCUT2D eigenvalue weighted by Gasteiger charge is 2.07. The third-order valence-corrected chi connectivity index (χ3v) is 4.38. The highest BCUT2D eigenvalue weighted by molar-refractivity contribution is 7.98. The van der Waals surface area contributed by atoms with Gasteiger partial charge in [-0.2, -0.15) is 0 Å². The summed E-state index contributed by atoms with van der Waals surface area (Å²) in [5, 5.41) is 14.0. The van der Waals surface area contributed by atoms with Crippen LogP contribution in [0.1, 0.15) is 5.56 Å². The average Bonchev–Trinajstić information content (AvgIpc) is 2.98. The molecule has 1 heterocycles. The van der Waals surface area contributed by atoms with E-state index in [4.69, 9.17) is 23.2 Å². The summed E-state index contributed by atoms with van der Waals surface area (Å²) < 4.78 is 0. The van der Waals surface area contributed by atoms with Crippen LogP contribution in [0.4, 0.5) is 0 Å². The molecule has 0 atom stereocenters. The summed E-state index contributed by atoms with van der Waals surface area (Å²) in [6, 6.07) is 15.4. The van der Waals surface area contributed by atoms with E-state index < -0.39 is 0 Å². The first-order valence-electron chi connectivity index (χ1n) is 6.14. The SMILES string of the molecule is Clc1ccc(-n2nnc(SCc3ccccc3)n2)cc1Cl. The topological polar surface area (TPSA) is 43.6 Å². The third-order valence-electron chi connectivity index (χ3n) is 2.74. The molecular formula is C14H10Cl2N4S. The Balaban J connectivity index is 1.72. The number of benzene rings is 2. The maximum atomic E-state index is 5.99. The van der Waals surface area contributed by atoms with Gasteiger partial charge >= 0.3 is 0 Å². The minimum absolute atomic E-state index is 0.463. The van der Waals surface area contributed by atoms with E-state index in [9.17, 15) is 0 Å². The number of nitrogens with zero attached hydrogens (tertiary/aromatic N) is 4. The first kappa shape index (κ1) is 14.4. The molecule has 2 aromatic carbocycles. The van der Waals surface area contributed by atoms with E-state index in [-0.39, 0.29) is 0 Å². The van der Waals surface area contributed by atoms with Crippen molar-refractivity contribution in [2.24, 2.45) is 0 Å². The fourth-order valence-corrected chi connectivity index (χ4v) is 2.71. The first-order valence-corrected chi connectivity index (χ1v) is 7.89. The van der Waals surface area contributed by atoms with Crippen molar-refractivity contribution in [3.8, 4) is 5.69 Å². The number of tetrazole rings is 1. The molecule has 21 heavy (non-hydrogen) atoms. The summed E-state index contributed by atoms with van der Waals surface area (Å²) in [7, 11) is 0. The molecule has 0 saturated carbocycles. The zero-order chi connectivity index (χ0) is 14.7. The molecule has 0 N–H and O–H groups in total. The lowest BCUT2D eigenvalue weighted by atomic mass is 10.2. The first-order chi connectivity index (χ1) is 10.2. The number of hydrogen-bond acceptors (Lipinski definition) is 4.